The van der Waals surface area contributed by atoms with Crippen LogP contribution in [0.15, 0.2) is 34.2 Å². The van der Waals surface area contributed by atoms with Crippen LogP contribution in [0, 0.1) is 11.2 Å². The molecule has 1 amide bonds. The third-order valence-corrected chi connectivity index (χ3v) is 4.67. The van der Waals surface area contributed by atoms with Gasteiger partial charge in [0.15, 0.2) is 5.96 Å². The fraction of sp³-hybridized carbons (Fsp3) is 0.556. The van der Waals surface area contributed by atoms with Gasteiger partial charge in [-0.25, -0.2) is 4.39 Å². The van der Waals surface area contributed by atoms with Gasteiger partial charge in [0.1, 0.15) is 5.82 Å². The lowest BCUT2D eigenvalue weighted by molar-refractivity contribution is -0.128. The quantitative estimate of drug-likeness (QED) is 0.271. The number of hydrogen-bond acceptors (Lipinski definition) is 3. The summed E-state index contributed by atoms with van der Waals surface area (Å²) < 4.78 is 12.8. The van der Waals surface area contributed by atoms with Gasteiger partial charge in [-0.05, 0) is 57.2 Å². The van der Waals surface area contributed by atoms with Gasteiger partial charge in [0.2, 0.25) is 5.91 Å². The van der Waals surface area contributed by atoms with E-state index in [4.69, 9.17) is 0 Å². The third kappa shape index (κ3) is 8.25. The first-order valence-electron chi connectivity index (χ1n) is 8.50. The number of halogens is 1. The lowest BCUT2D eigenvalue weighted by Crippen LogP contribution is -2.48. The molecule has 7 heteroatoms. The standard InChI is InChI=1S/C18H29FN4OS/c1-5-21-16(24)18(2,3)13-23-17(20-4)22-11-6-12-25-15-9-7-14(19)8-10-15/h7-10H,5-6,11-13H2,1-4H3,(H,21,24)(H2,20,22,23). The van der Waals surface area contributed by atoms with Gasteiger partial charge in [-0.2, -0.15) is 0 Å². The van der Waals surface area contributed by atoms with E-state index in [2.05, 4.69) is 20.9 Å². The molecule has 1 aromatic rings. The van der Waals surface area contributed by atoms with Crippen LogP contribution < -0.4 is 16.0 Å². The second-order valence-corrected chi connectivity index (χ2v) is 7.42. The Balaban J connectivity index is 2.25. The van der Waals surface area contributed by atoms with Crippen molar-refractivity contribution in [2.45, 2.75) is 32.1 Å². The molecular weight excluding hydrogens is 339 g/mol. The Morgan fingerprint density at radius 2 is 1.88 bits per heavy atom. The SMILES string of the molecule is CCNC(=O)C(C)(C)CNC(=NC)NCCCSc1ccc(F)cc1. The van der Waals surface area contributed by atoms with Crippen LogP contribution in [0.1, 0.15) is 27.2 Å². The maximum Gasteiger partial charge on any atom is 0.227 e. The molecule has 0 aliphatic heterocycles. The molecule has 0 fully saturated rings. The molecule has 0 radical (unpaired) electrons. The van der Waals surface area contributed by atoms with Crippen LogP contribution >= 0.6 is 11.8 Å². The number of carbonyl (C=O) groups excluding carboxylic acids is 1. The van der Waals surface area contributed by atoms with E-state index in [0.29, 0.717) is 19.0 Å². The fourth-order valence-corrected chi connectivity index (χ4v) is 2.86. The van der Waals surface area contributed by atoms with E-state index in [1.807, 2.05) is 20.8 Å². The van der Waals surface area contributed by atoms with Crippen LogP contribution in [-0.4, -0.2) is 44.3 Å². The molecule has 0 aliphatic rings. The van der Waals surface area contributed by atoms with E-state index in [0.717, 1.165) is 23.6 Å². The molecule has 0 unspecified atom stereocenters. The van der Waals surface area contributed by atoms with E-state index in [9.17, 15) is 9.18 Å². The maximum atomic E-state index is 12.8. The van der Waals surface area contributed by atoms with E-state index in [-0.39, 0.29) is 11.7 Å². The normalized spacial score (nSPS) is 12.0. The molecule has 0 atom stereocenters. The van der Waals surface area contributed by atoms with Crippen LogP contribution in [0.25, 0.3) is 0 Å². The molecule has 0 heterocycles. The Morgan fingerprint density at radius 1 is 1.20 bits per heavy atom. The highest BCUT2D eigenvalue weighted by Crippen LogP contribution is 2.18. The third-order valence-electron chi connectivity index (χ3n) is 3.57. The highest BCUT2D eigenvalue weighted by atomic mass is 32.2. The Bertz CT molecular complexity index is 561. The first-order valence-corrected chi connectivity index (χ1v) is 9.49. The lowest BCUT2D eigenvalue weighted by atomic mass is 9.92. The Kier molecular flexibility index (Phi) is 9.34. The number of carbonyl (C=O) groups is 1. The van der Waals surface area contributed by atoms with E-state index in [1.54, 1.807) is 30.9 Å². The zero-order valence-electron chi connectivity index (χ0n) is 15.5. The van der Waals surface area contributed by atoms with Crippen LogP contribution in [0.5, 0.6) is 0 Å². The van der Waals surface area contributed by atoms with E-state index in [1.165, 1.54) is 12.1 Å². The van der Waals surface area contributed by atoms with Crippen molar-refractivity contribution in [2.24, 2.45) is 10.4 Å². The Labute approximate surface area is 154 Å². The molecule has 0 saturated heterocycles. The number of guanidine groups is 1. The molecule has 0 bridgehead atoms. The predicted molar refractivity (Wildman–Crippen MR) is 104 cm³/mol. The van der Waals surface area contributed by atoms with E-state index >= 15 is 0 Å². The lowest BCUT2D eigenvalue weighted by Gasteiger charge is -2.24. The van der Waals surface area contributed by atoms with Gasteiger partial charge in [0, 0.05) is 31.6 Å². The largest absolute Gasteiger partial charge is 0.356 e. The summed E-state index contributed by atoms with van der Waals surface area (Å²) in [6.45, 7) is 7.61. The van der Waals surface area contributed by atoms with Crippen molar-refractivity contribution >= 4 is 23.6 Å². The maximum absolute atomic E-state index is 12.8. The molecule has 0 saturated carbocycles. The number of rotatable bonds is 9. The van der Waals surface area contributed by atoms with Crippen molar-refractivity contribution in [1.29, 1.82) is 0 Å². The number of benzene rings is 1. The van der Waals surface area contributed by atoms with Crippen LogP contribution in [0.4, 0.5) is 4.39 Å². The summed E-state index contributed by atoms with van der Waals surface area (Å²) >= 11 is 1.70. The molecule has 3 N–H and O–H groups in total. The van der Waals surface area contributed by atoms with Crippen molar-refractivity contribution in [1.82, 2.24) is 16.0 Å². The summed E-state index contributed by atoms with van der Waals surface area (Å²) in [5.41, 5.74) is -0.508. The number of amides is 1. The smallest absolute Gasteiger partial charge is 0.227 e. The minimum absolute atomic E-state index is 0.0219. The summed E-state index contributed by atoms with van der Waals surface area (Å²) in [5, 5.41) is 9.28. The number of hydrogen-bond donors (Lipinski definition) is 3. The van der Waals surface area contributed by atoms with Crippen LogP contribution in [-0.2, 0) is 4.79 Å². The minimum Gasteiger partial charge on any atom is -0.356 e. The second kappa shape index (κ2) is 11.0. The van der Waals surface area contributed by atoms with Gasteiger partial charge >= 0.3 is 0 Å². The summed E-state index contributed by atoms with van der Waals surface area (Å²) in [5.74, 6) is 1.43. The van der Waals surface area contributed by atoms with Gasteiger partial charge in [0.05, 0.1) is 5.41 Å². The van der Waals surface area contributed by atoms with Gasteiger partial charge < -0.3 is 16.0 Å². The molecule has 0 aromatic heterocycles. The first-order chi connectivity index (χ1) is 11.9. The van der Waals surface area contributed by atoms with Crippen LogP contribution in [0.3, 0.4) is 0 Å². The molecule has 1 rings (SSSR count). The molecule has 0 spiro atoms. The van der Waals surface area contributed by atoms with Gasteiger partial charge in [-0.15, -0.1) is 11.8 Å². The van der Waals surface area contributed by atoms with Crippen molar-refractivity contribution < 1.29 is 9.18 Å². The highest BCUT2D eigenvalue weighted by molar-refractivity contribution is 7.99. The van der Waals surface area contributed by atoms with Crippen molar-refractivity contribution in [3.8, 4) is 0 Å². The molecule has 140 valence electrons. The van der Waals surface area contributed by atoms with Crippen molar-refractivity contribution in [3.63, 3.8) is 0 Å². The van der Waals surface area contributed by atoms with Crippen molar-refractivity contribution in [2.75, 3.05) is 32.4 Å². The molecule has 0 aliphatic carbocycles. The summed E-state index contributed by atoms with van der Waals surface area (Å²) in [4.78, 5) is 17.2. The topological polar surface area (TPSA) is 65.5 Å². The zero-order valence-corrected chi connectivity index (χ0v) is 16.3. The van der Waals surface area contributed by atoms with Crippen LogP contribution in [0.2, 0.25) is 0 Å². The number of nitrogens with zero attached hydrogens (tertiary/aromatic N) is 1. The minimum atomic E-state index is -0.508. The summed E-state index contributed by atoms with van der Waals surface area (Å²) in [6, 6.07) is 6.53. The van der Waals surface area contributed by atoms with Crippen molar-refractivity contribution in [3.05, 3.63) is 30.1 Å². The average molecular weight is 369 g/mol. The van der Waals surface area contributed by atoms with Gasteiger partial charge in [-0.1, -0.05) is 0 Å². The molecule has 5 nitrogen and oxygen atoms in total. The molecule has 1 aromatic carbocycles. The monoisotopic (exact) mass is 368 g/mol. The fourth-order valence-electron chi connectivity index (χ4n) is 2.01. The second-order valence-electron chi connectivity index (χ2n) is 6.25. The summed E-state index contributed by atoms with van der Waals surface area (Å²) in [7, 11) is 1.71. The Morgan fingerprint density at radius 3 is 2.48 bits per heavy atom. The number of thioether (sulfide) groups is 1. The summed E-state index contributed by atoms with van der Waals surface area (Å²) in [6.07, 6.45) is 0.947. The average Bonchev–Trinajstić information content (AvgIpc) is 2.59. The zero-order chi connectivity index (χ0) is 18.7. The number of aliphatic imine (C=N–C) groups is 1. The Hall–Kier alpha value is -1.76. The first kappa shape index (κ1) is 21.3. The number of nitrogens with one attached hydrogen (secondary N) is 3. The van der Waals surface area contributed by atoms with Gasteiger partial charge in [0.25, 0.3) is 0 Å². The molecule has 25 heavy (non-hydrogen) atoms. The highest BCUT2D eigenvalue weighted by Gasteiger charge is 2.27. The van der Waals surface area contributed by atoms with E-state index < -0.39 is 5.41 Å². The predicted octanol–water partition coefficient (Wildman–Crippen LogP) is 2.64. The van der Waals surface area contributed by atoms with Gasteiger partial charge in [-0.3, -0.25) is 9.79 Å². The molecular formula is C18H29FN4OS.